The average molecular weight is 1280 g/mol. The standard InChI is InChI=1S/C69H84N2O17S2/c1-4-55(72)83-42-18-9-7-16-40-81-49-32-36-51(37-33-49)85-64(75)44-24-28-46(29-25-44)66(77)87-59-53-22-14-15-23-54(53)60(62-61(59)89-69(90-62)57-58(68(79)80-6-3)70-71(63(57)74)48-20-12-11-13-21-48)88-67(78)47-30-26-45(27-31-47)65(76)86-52-38-34-50(35-39-52)82-41-17-8-10-19-43-84-56(73)5-2/h4-5,11-15,20-23,44-47,49-52H,1-2,6-10,16-19,24-43H2,3H3. The van der Waals surface area contributed by atoms with E-state index in [1.165, 1.54) is 12.2 Å². The topological polar surface area (TPSA) is 235 Å². The van der Waals surface area contributed by atoms with Crippen LogP contribution in [-0.2, 0) is 71.5 Å². The molecule has 19 nitrogen and oxygen atoms in total. The van der Waals surface area contributed by atoms with Gasteiger partial charge in [-0.05, 0) is 160 Å². The molecule has 21 heteroatoms. The number of para-hydroxylation sites is 1. The Morgan fingerprint density at radius 1 is 0.500 bits per heavy atom. The van der Waals surface area contributed by atoms with Crippen LogP contribution < -0.4 is 14.5 Å². The van der Waals surface area contributed by atoms with Crippen molar-refractivity contribution in [1.29, 1.82) is 0 Å². The van der Waals surface area contributed by atoms with E-state index in [-0.39, 0.29) is 77.6 Å². The van der Waals surface area contributed by atoms with E-state index in [9.17, 15) is 38.4 Å². The van der Waals surface area contributed by atoms with Gasteiger partial charge in [-0.1, -0.05) is 92.0 Å². The Bertz CT molecular complexity index is 2960. The highest BCUT2D eigenvalue weighted by Gasteiger charge is 2.44. The van der Waals surface area contributed by atoms with Crippen molar-refractivity contribution < 1.29 is 81.0 Å². The first-order chi connectivity index (χ1) is 43.8. The molecule has 484 valence electrons. The smallest absolute Gasteiger partial charge is 0.359 e. The average Bonchev–Trinajstić information content (AvgIpc) is 1.72. The molecule has 0 radical (unpaired) electrons. The lowest BCUT2D eigenvalue weighted by molar-refractivity contribution is -0.160. The minimum atomic E-state index is -0.800. The molecule has 4 saturated carbocycles. The third-order valence-corrected chi connectivity index (χ3v) is 20.1. The van der Waals surface area contributed by atoms with Gasteiger partial charge in [-0.25, -0.2) is 14.4 Å². The van der Waals surface area contributed by atoms with Crippen molar-refractivity contribution >= 4 is 93.4 Å². The number of amides is 1. The number of carbonyl (C=O) groups is 8. The van der Waals surface area contributed by atoms with Crippen LogP contribution in [0.3, 0.4) is 0 Å². The lowest BCUT2D eigenvalue weighted by Crippen LogP contribution is -2.33. The largest absolute Gasteiger partial charge is 0.463 e. The summed E-state index contributed by atoms with van der Waals surface area (Å²) in [5, 5.41) is 6.62. The number of ether oxygens (including phenoxy) is 9. The van der Waals surface area contributed by atoms with E-state index < -0.39 is 47.6 Å². The zero-order valence-corrected chi connectivity index (χ0v) is 53.2. The Hall–Kier alpha value is -6.81. The number of hydrazone groups is 1. The van der Waals surface area contributed by atoms with Gasteiger partial charge in [-0.15, -0.1) is 0 Å². The maximum atomic E-state index is 14.6. The first-order valence-corrected chi connectivity index (χ1v) is 34.0. The summed E-state index contributed by atoms with van der Waals surface area (Å²) in [6.45, 7) is 10.6. The number of benzene rings is 3. The molecule has 2 aliphatic heterocycles. The molecule has 0 spiro atoms. The fourth-order valence-corrected chi connectivity index (χ4v) is 15.1. The van der Waals surface area contributed by atoms with Crippen LogP contribution >= 0.6 is 23.5 Å². The zero-order valence-electron chi connectivity index (χ0n) is 51.5. The van der Waals surface area contributed by atoms with Crippen LogP contribution in [0.1, 0.15) is 161 Å². The monoisotopic (exact) mass is 1280 g/mol. The van der Waals surface area contributed by atoms with Crippen LogP contribution in [0.25, 0.3) is 10.8 Å². The van der Waals surface area contributed by atoms with Crippen LogP contribution in [0.15, 0.2) is 105 Å². The highest BCUT2D eigenvalue weighted by molar-refractivity contribution is 8.25. The molecule has 0 N–H and O–H groups in total. The zero-order chi connectivity index (χ0) is 63.4. The van der Waals surface area contributed by atoms with Crippen molar-refractivity contribution in [3.8, 4) is 11.5 Å². The highest BCUT2D eigenvalue weighted by Crippen LogP contribution is 2.62. The summed E-state index contributed by atoms with van der Waals surface area (Å²) < 4.78 is 53.2. The van der Waals surface area contributed by atoms with Crippen molar-refractivity contribution in [1.82, 2.24) is 0 Å². The van der Waals surface area contributed by atoms with E-state index in [2.05, 4.69) is 18.3 Å². The fraction of sp³-hybridized carbons (Fsp3) is 0.551. The van der Waals surface area contributed by atoms with Crippen LogP contribution in [0.5, 0.6) is 11.5 Å². The van der Waals surface area contributed by atoms with Gasteiger partial charge in [0.25, 0.3) is 5.91 Å². The van der Waals surface area contributed by atoms with Gasteiger partial charge in [-0.3, -0.25) is 24.0 Å². The predicted octanol–water partition coefficient (Wildman–Crippen LogP) is 13.0. The molecule has 0 aromatic heterocycles. The highest BCUT2D eigenvalue weighted by atomic mass is 32.2. The normalized spacial score (nSPS) is 23.2. The number of fused-ring (bicyclic) bond motifs is 2. The number of esters is 7. The Morgan fingerprint density at radius 3 is 1.30 bits per heavy atom. The molecular formula is C69H84N2O17S2. The van der Waals surface area contributed by atoms with Gasteiger partial charge in [-0.2, -0.15) is 10.1 Å². The van der Waals surface area contributed by atoms with E-state index in [1.807, 2.05) is 0 Å². The number of anilines is 1. The quantitative estimate of drug-likeness (QED) is 0.0206. The maximum Gasteiger partial charge on any atom is 0.359 e. The summed E-state index contributed by atoms with van der Waals surface area (Å²) >= 11 is 2.24. The summed E-state index contributed by atoms with van der Waals surface area (Å²) in [7, 11) is 0. The predicted molar refractivity (Wildman–Crippen MR) is 338 cm³/mol. The van der Waals surface area contributed by atoms with Gasteiger partial charge in [0, 0.05) is 36.1 Å². The Kier molecular flexibility index (Phi) is 25.5. The summed E-state index contributed by atoms with van der Waals surface area (Å²) in [5.74, 6) is -5.05. The molecule has 3 aromatic carbocycles. The Morgan fingerprint density at radius 2 is 0.889 bits per heavy atom. The van der Waals surface area contributed by atoms with E-state index in [1.54, 1.807) is 61.5 Å². The second kappa shape index (κ2) is 34.0. The SMILES string of the molecule is C=CC(=O)OCCCCCCOC1CCC(OC(=O)C2CCC(C(=O)Oc3c4c(c(OC(=O)C5CCC(C(=O)OC6CCC(OCCCCCCOC(=O)C=C)CC6)CC5)c5ccccc35)SC(=C3C(=O)N(c5ccccc5)N=C3C(=O)OCC)S4)CC2)CC1. The third-order valence-electron chi connectivity index (χ3n) is 17.5. The Balaban J connectivity index is 0.820. The minimum Gasteiger partial charge on any atom is -0.463 e. The number of rotatable bonds is 29. The summed E-state index contributed by atoms with van der Waals surface area (Å²) in [6, 6.07) is 15.9. The number of hydrogen-bond donors (Lipinski definition) is 0. The number of hydrogen-bond acceptors (Lipinski definition) is 20. The van der Waals surface area contributed by atoms with Gasteiger partial charge in [0.2, 0.25) is 0 Å². The van der Waals surface area contributed by atoms with Gasteiger partial charge >= 0.3 is 41.8 Å². The van der Waals surface area contributed by atoms with E-state index >= 15 is 0 Å². The van der Waals surface area contributed by atoms with Crippen molar-refractivity contribution in [3.05, 3.63) is 89.7 Å². The second-order valence-corrected chi connectivity index (χ2v) is 26.1. The molecule has 2 heterocycles. The first-order valence-electron chi connectivity index (χ1n) is 32.3. The summed E-state index contributed by atoms with van der Waals surface area (Å²) in [6.07, 6.45) is 18.9. The molecule has 0 atom stereocenters. The molecule has 3 aromatic rings. The second-order valence-electron chi connectivity index (χ2n) is 23.8. The molecule has 4 aliphatic carbocycles. The number of carbonyl (C=O) groups excluding carboxylic acids is 8. The van der Waals surface area contributed by atoms with Gasteiger partial charge in [0.15, 0.2) is 17.2 Å². The number of thioether (sulfide) groups is 2. The lowest BCUT2D eigenvalue weighted by atomic mass is 9.82. The van der Waals surface area contributed by atoms with Crippen molar-refractivity contribution in [2.75, 3.05) is 38.0 Å². The van der Waals surface area contributed by atoms with Crippen LogP contribution in [0.4, 0.5) is 5.69 Å². The first kappa shape index (κ1) is 67.6. The summed E-state index contributed by atoms with van der Waals surface area (Å²) in [5.41, 5.74) is 0.210. The molecule has 6 aliphatic rings. The molecule has 4 fully saturated rings. The number of nitrogens with zero attached hydrogens (tertiary/aromatic N) is 2. The molecular weight excluding hydrogens is 1190 g/mol. The van der Waals surface area contributed by atoms with Crippen LogP contribution in [-0.4, -0.2) is 111 Å². The molecule has 0 bridgehead atoms. The molecule has 9 rings (SSSR count). The lowest BCUT2D eigenvalue weighted by Gasteiger charge is -2.31. The van der Waals surface area contributed by atoms with Gasteiger partial charge < -0.3 is 42.6 Å². The molecule has 0 saturated heterocycles. The molecule has 0 unspecified atom stereocenters. The van der Waals surface area contributed by atoms with E-state index in [0.29, 0.717) is 108 Å². The van der Waals surface area contributed by atoms with Crippen molar-refractivity contribution in [2.45, 2.75) is 195 Å². The van der Waals surface area contributed by atoms with Gasteiger partial charge in [0.05, 0.1) is 81.0 Å². The third kappa shape index (κ3) is 18.2. The fourth-order valence-electron chi connectivity index (χ4n) is 12.4. The maximum absolute atomic E-state index is 14.6. The van der Waals surface area contributed by atoms with E-state index in [0.717, 1.165) is 131 Å². The van der Waals surface area contributed by atoms with Crippen LogP contribution in [0.2, 0.25) is 0 Å². The van der Waals surface area contributed by atoms with Crippen LogP contribution in [0, 0.1) is 23.7 Å². The van der Waals surface area contributed by atoms with Gasteiger partial charge in [0.1, 0.15) is 12.2 Å². The molecule has 1 amide bonds. The molecule has 90 heavy (non-hydrogen) atoms. The summed E-state index contributed by atoms with van der Waals surface area (Å²) in [4.78, 5) is 108. The number of unbranched alkanes of at least 4 members (excludes halogenated alkanes) is 6. The minimum absolute atomic E-state index is 0.0176. The Labute approximate surface area is 535 Å². The van der Waals surface area contributed by atoms with Crippen molar-refractivity contribution in [3.63, 3.8) is 0 Å². The van der Waals surface area contributed by atoms with Crippen molar-refractivity contribution in [2.24, 2.45) is 28.8 Å². The van der Waals surface area contributed by atoms with E-state index in [4.69, 9.17) is 42.6 Å².